The van der Waals surface area contributed by atoms with E-state index in [4.69, 9.17) is 0 Å². The zero-order valence-electron chi connectivity index (χ0n) is 16.7. The van der Waals surface area contributed by atoms with Gasteiger partial charge in [0.1, 0.15) is 6.04 Å². The van der Waals surface area contributed by atoms with E-state index in [-0.39, 0.29) is 24.2 Å². The van der Waals surface area contributed by atoms with Gasteiger partial charge in [0.2, 0.25) is 11.8 Å². The predicted octanol–water partition coefficient (Wildman–Crippen LogP) is 2.39. The Morgan fingerprint density at radius 1 is 1.15 bits per heavy atom. The summed E-state index contributed by atoms with van der Waals surface area (Å²) in [6.45, 7) is 9.17. The summed E-state index contributed by atoms with van der Waals surface area (Å²) in [5.41, 5.74) is 3.05. The number of nitrogens with one attached hydrogen (secondary N) is 2. The summed E-state index contributed by atoms with van der Waals surface area (Å²) in [6.07, 6.45) is 1.06. The number of rotatable bonds is 9. The molecule has 2 rings (SSSR count). The van der Waals surface area contributed by atoms with Crippen LogP contribution in [0.5, 0.6) is 0 Å². The Bertz CT molecular complexity index is 753. The molecule has 2 amide bonds. The fourth-order valence-electron chi connectivity index (χ4n) is 2.99. The highest BCUT2D eigenvalue weighted by Gasteiger charge is 2.23. The molecule has 2 N–H and O–H groups in total. The molecular weight excluding hydrogens is 340 g/mol. The maximum atomic E-state index is 12.5. The second-order valence-corrected chi connectivity index (χ2v) is 7.25. The predicted molar refractivity (Wildman–Crippen MR) is 106 cm³/mol. The molecule has 0 spiro atoms. The number of aryl methyl sites for hydroxylation is 3. The standard InChI is InChI=1S/C21H30N4O2/c1-15(2)20(23-19(26)14-18-9-6-5-7-10-18)21(27)22-11-8-12-25-17(4)13-16(3)24-25/h5-7,9-10,13,15,20H,8,11-12,14H2,1-4H3,(H,22,27)(H,23,26)/t20-/m1/s1. The van der Waals surface area contributed by atoms with E-state index >= 15 is 0 Å². The molecule has 146 valence electrons. The van der Waals surface area contributed by atoms with Crippen LogP contribution >= 0.6 is 0 Å². The minimum Gasteiger partial charge on any atom is -0.354 e. The molecule has 0 saturated carbocycles. The third-order valence-corrected chi connectivity index (χ3v) is 4.42. The first-order valence-electron chi connectivity index (χ1n) is 9.49. The maximum absolute atomic E-state index is 12.5. The summed E-state index contributed by atoms with van der Waals surface area (Å²) in [7, 11) is 0. The lowest BCUT2D eigenvalue weighted by Crippen LogP contribution is -2.50. The third-order valence-electron chi connectivity index (χ3n) is 4.42. The molecule has 0 radical (unpaired) electrons. The van der Waals surface area contributed by atoms with Crippen molar-refractivity contribution in [3.8, 4) is 0 Å². The summed E-state index contributed by atoms with van der Waals surface area (Å²) in [5, 5.41) is 10.2. The quantitative estimate of drug-likeness (QED) is 0.666. The second kappa shape index (κ2) is 9.90. The van der Waals surface area contributed by atoms with Gasteiger partial charge < -0.3 is 10.6 Å². The Labute approximate surface area is 161 Å². The van der Waals surface area contributed by atoms with Gasteiger partial charge in [-0.05, 0) is 37.8 Å². The molecule has 0 aliphatic rings. The van der Waals surface area contributed by atoms with Crippen LogP contribution in [0.3, 0.4) is 0 Å². The molecule has 1 aromatic carbocycles. The Morgan fingerprint density at radius 3 is 2.44 bits per heavy atom. The van der Waals surface area contributed by atoms with Gasteiger partial charge in [0.25, 0.3) is 0 Å². The van der Waals surface area contributed by atoms with Crippen LogP contribution in [0.15, 0.2) is 36.4 Å². The van der Waals surface area contributed by atoms with Gasteiger partial charge in [0, 0.05) is 18.8 Å². The topological polar surface area (TPSA) is 76.0 Å². The van der Waals surface area contributed by atoms with E-state index in [0.29, 0.717) is 6.54 Å². The van der Waals surface area contributed by atoms with Gasteiger partial charge in [-0.1, -0.05) is 44.2 Å². The van der Waals surface area contributed by atoms with Crippen LogP contribution in [0.4, 0.5) is 0 Å². The molecule has 0 fully saturated rings. The largest absolute Gasteiger partial charge is 0.354 e. The first-order chi connectivity index (χ1) is 12.9. The molecule has 0 aliphatic carbocycles. The van der Waals surface area contributed by atoms with Crippen molar-refractivity contribution in [2.24, 2.45) is 5.92 Å². The van der Waals surface area contributed by atoms with Crippen LogP contribution in [0.2, 0.25) is 0 Å². The van der Waals surface area contributed by atoms with Gasteiger partial charge in [-0.25, -0.2) is 0 Å². The fraction of sp³-hybridized carbons (Fsp3) is 0.476. The SMILES string of the molecule is Cc1cc(C)n(CCCNC(=O)[C@H](NC(=O)Cc2ccccc2)C(C)C)n1. The van der Waals surface area contributed by atoms with E-state index < -0.39 is 6.04 Å². The number of amides is 2. The molecule has 27 heavy (non-hydrogen) atoms. The van der Waals surface area contributed by atoms with Crippen molar-refractivity contribution in [1.82, 2.24) is 20.4 Å². The van der Waals surface area contributed by atoms with Gasteiger partial charge in [-0.15, -0.1) is 0 Å². The number of benzene rings is 1. The highest BCUT2D eigenvalue weighted by Crippen LogP contribution is 2.05. The van der Waals surface area contributed by atoms with Crippen molar-refractivity contribution in [2.75, 3.05) is 6.54 Å². The van der Waals surface area contributed by atoms with Gasteiger partial charge in [0.05, 0.1) is 12.1 Å². The van der Waals surface area contributed by atoms with Crippen LogP contribution in [-0.4, -0.2) is 34.2 Å². The fourth-order valence-corrected chi connectivity index (χ4v) is 2.99. The summed E-state index contributed by atoms with van der Waals surface area (Å²) in [4.78, 5) is 24.8. The molecule has 6 heteroatoms. The van der Waals surface area contributed by atoms with E-state index in [1.54, 1.807) is 0 Å². The van der Waals surface area contributed by atoms with Crippen LogP contribution in [0.1, 0.15) is 37.2 Å². The lowest BCUT2D eigenvalue weighted by molar-refractivity contribution is -0.129. The molecular formula is C21H30N4O2. The molecule has 1 aromatic heterocycles. The number of nitrogens with zero attached hydrogens (tertiary/aromatic N) is 2. The average Bonchev–Trinajstić information content (AvgIpc) is 2.94. The Balaban J connectivity index is 1.79. The van der Waals surface area contributed by atoms with Crippen molar-refractivity contribution >= 4 is 11.8 Å². The smallest absolute Gasteiger partial charge is 0.242 e. The lowest BCUT2D eigenvalue weighted by atomic mass is 10.0. The second-order valence-electron chi connectivity index (χ2n) is 7.25. The zero-order chi connectivity index (χ0) is 19.8. The van der Waals surface area contributed by atoms with Crippen molar-refractivity contribution in [3.05, 3.63) is 53.3 Å². The van der Waals surface area contributed by atoms with Gasteiger partial charge in [0.15, 0.2) is 0 Å². The molecule has 0 unspecified atom stereocenters. The zero-order valence-corrected chi connectivity index (χ0v) is 16.7. The van der Waals surface area contributed by atoms with Gasteiger partial charge in [-0.3, -0.25) is 14.3 Å². The van der Waals surface area contributed by atoms with Crippen LogP contribution in [0, 0.1) is 19.8 Å². The highest BCUT2D eigenvalue weighted by atomic mass is 16.2. The number of hydrogen-bond acceptors (Lipinski definition) is 3. The van der Waals surface area contributed by atoms with Crippen molar-refractivity contribution in [3.63, 3.8) is 0 Å². The molecule has 2 aromatic rings. The van der Waals surface area contributed by atoms with Gasteiger partial charge in [-0.2, -0.15) is 5.10 Å². The molecule has 0 saturated heterocycles. The Hall–Kier alpha value is -2.63. The average molecular weight is 370 g/mol. The maximum Gasteiger partial charge on any atom is 0.242 e. The monoisotopic (exact) mass is 370 g/mol. The lowest BCUT2D eigenvalue weighted by Gasteiger charge is -2.22. The molecule has 1 atom stereocenters. The normalized spacial score (nSPS) is 12.0. The summed E-state index contributed by atoms with van der Waals surface area (Å²) in [6, 6.07) is 11.0. The summed E-state index contributed by atoms with van der Waals surface area (Å²) < 4.78 is 1.95. The minimum atomic E-state index is -0.533. The van der Waals surface area contributed by atoms with E-state index in [0.717, 1.165) is 29.9 Å². The van der Waals surface area contributed by atoms with Crippen LogP contribution in [0.25, 0.3) is 0 Å². The minimum absolute atomic E-state index is 0.0146. The van der Waals surface area contributed by atoms with Crippen molar-refractivity contribution in [1.29, 1.82) is 0 Å². The van der Waals surface area contributed by atoms with E-state index in [1.807, 2.05) is 68.8 Å². The Kier molecular flexibility index (Phi) is 7.58. The number of carbonyl (C=O) groups excluding carboxylic acids is 2. The van der Waals surface area contributed by atoms with E-state index in [9.17, 15) is 9.59 Å². The summed E-state index contributed by atoms with van der Waals surface area (Å²) in [5.74, 6) is -0.266. The Morgan fingerprint density at radius 2 is 1.85 bits per heavy atom. The van der Waals surface area contributed by atoms with Crippen molar-refractivity contribution in [2.45, 2.75) is 53.1 Å². The van der Waals surface area contributed by atoms with Crippen LogP contribution < -0.4 is 10.6 Å². The molecule has 1 heterocycles. The number of aromatic nitrogens is 2. The first kappa shape index (κ1) is 20.7. The van der Waals surface area contributed by atoms with Gasteiger partial charge >= 0.3 is 0 Å². The van der Waals surface area contributed by atoms with Crippen molar-refractivity contribution < 1.29 is 9.59 Å². The number of carbonyl (C=O) groups is 2. The van der Waals surface area contributed by atoms with Crippen LogP contribution in [-0.2, 0) is 22.6 Å². The highest BCUT2D eigenvalue weighted by molar-refractivity contribution is 5.88. The number of hydrogen-bond donors (Lipinski definition) is 2. The first-order valence-corrected chi connectivity index (χ1v) is 9.49. The summed E-state index contributed by atoms with van der Waals surface area (Å²) >= 11 is 0. The third kappa shape index (κ3) is 6.55. The molecule has 0 bridgehead atoms. The van der Waals surface area contributed by atoms with E-state index in [1.165, 1.54) is 0 Å². The van der Waals surface area contributed by atoms with E-state index in [2.05, 4.69) is 15.7 Å². The molecule has 0 aliphatic heterocycles. The molecule has 6 nitrogen and oxygen atoms in total.